The number of esters is 1. The second-order valence-electron chi connectivity index (χ2n) is 6.01. The summed E-state index contributed by atoms with van der Waals surface area (Å²) < 4.78 is 35.5. The number of carbonyl (C=O) groups excluding carboxylic acids is 1. The van der Waals surface area contributed by atoms with Crippen LogP contribution in [0.4, 0.5) is 0 Å². The molecule has 0 saturated carbocycles. The highest BCUT2D eigenvalue weighted by Crippen LogP contribution is 2.16. The molecule has 0 aromatic heterocycles. The molecule has 2 N–H and O–H groups in total. The molecule has 0 aliphatic carbocycles. The van der Waals surface area contributed by atoms with E-state index in [0.717, 1.165) is 32.2 Å². The molecule has 1 saturated heterocycles. The van der Waals surface area contributed by atoms with Gasteiger partial charge in [-0.1, -0.05) is 0 Å². The van der Waals surface area contributed by atoms with Gasteiger partial charge in [-0.25, -0.2) is 13.1 Å². The molecule has 22 heavy (non-hydrogen) atoms. The highest BCUT2D eigenvalue weighted by atomic mass is 32.2. The van der Waals surface area contributed by atoms with Crippen LogP contribution in [-0.2, 0) is 24.3 Å². The lowest BCUT2D eigenvalue weighted by molar-refractivity contribution is -0.150. The predicted molar refractivity (Wildman–Crippen MR) is 84.0 cm³/mol. The molecule has 1 heterocycles. The standard InChI is InChI=1S/C14H28N2O5S/c1-11(2)21-13(9-16-22(3,18)19)10-20-14(17)8-12-4-6-15-7-5-12/h11-13,15-16H,4-10H2,1-3H3/t13-/m0/s1. The van der Waals surface area contributed by atoms with E-state index in [2.05, 4.69) is 10.0 Å². The van der Waals surface area contributed by atoms with E-state index in [1.54, 1.807) is 0 Å². The molecule has 0 amide bonds. The van der Waals surface area contributed by atoms with Gasteiger partial charge in [0.2, 0.25) is 10.0 Å². The van der Waals surface area contributed by atoms with Crippen LogP contribution in [0.3, 0.4) is 0 Å². The lowest BCUT2D eigenvalue weighted by Gasteiger charge is -2.23. The van der Waals surface area contributed by atoms with Crippen molar-refractivity contribution < 1.29 is 22.7 Å². The zero-order valence-electron chi connectivity index (χ0n) is 13.6. The van der Waals surface area contributed by atoms with Gasteiger partial charge in [0, 0.05) is 13.0 Å². The highest BCUT2D eigenvalue weighted by molar-refractivity contribution is 7.88. The van der Waals surface area contributed by atoms with E-state index >= 15 is 0 Å². The molecule has 0 radical (unpaired) electrons. The van der Waals surface area contributed by atoms with Crippen molar-refractivity contribution in [2.24, 2.45) is 5.92 Å². The molecule has 0 spiro atoms. The van der Waals surface area contributed by atoms with E-state index in [4.69, 9.17) is 9.47 Å². The summed E-state index contributed by atoms with van der Waals surface area (Å²) in [5.41, 5.74) is 0. The minimum atomic E-state index is -3.29. The molecule has 0 aromatic rings. The smallest absolute Gasteiger partial charge is 0.306 e. The maximum atomic E-state index is 11.9. The summed E-state index contributed by atoms with van der Waals surface area (Å²) in [6, 6.07) is 0. The summed E-state index contributed by atoms with van der Waals surface area (Å²) in [5, 5.41) is 3.25. The van der Waals surface area contributed by atoms with Crippen LogP contribution in [0.1, 0.15) is 33.1 Å². The first-order valence-corrected chi connectivity index (χ1v) is 9.62. The van der Waals surface area contributed by atoms with Gasteiger partial charge in [0.25, 0.3) is 0 Å². The Morgan fingerprint density at radius 1 is 1.32 bits per heavy atom. The monoisotopic (exact) mass is 336 g/mol. The van der Waals surface area contributed by atoms with Crippen molar-refractivity contribution in [2.45, 2.75) is 45.3 Å². The van der Waals surface area contributed by atoms with E-state index in [1.807, 2.05) is 13.8 Å². The van der Waals surface area contributed by atoms with Gasteiger partial charge in [-0.15, -0.1) is 0 Å². The maximum Gasteiger partial charge on any atom is 0.306 e. The predicted octanol–water partition coefficient (Wildman–Crippen LogP) is 0.262. The fourth-order valence-corrected chi connectivity index (χ4v) is 2.83. The van der Waals surface area contributed by atoms with Crippen LogP contribution < -0.4 is 10.0 Å². The first-order valence-electron chi connectivity index (χ1n) is 7.72. The lowest BCUT2D eigenvalue weighted by atomic mass is 9.95. The molecule has 0 aromatic carbocycles. The zero-order valence-corrected chi connectivity index (χ0v) is 14.4. The summed E-state index contributed by atoms with van der Waals surface area (Å²) in [4.78, 5) is 11.9. The van der Waals surface area contributed by atoms with Crippen LogP contribution >= 0.6 is 0 Å². The van der Waals surface area contributed by atoms with Crippen molar-refractivity contribution in [3.63, 3.8) is 0 Å². The summed E-state index contributed by atoms with van der Waals surface area (Å²) in [6.07, 6.45) is 2.91. The first-order chi connectivity index (χ1) is 10.3. The maximum absolute atomic E-state index is 11.9. The Kier molecular flexibility index (Phi) is 8.30. The van der Waals surface area contributed by atoms with Crippen molar-refractivity contribution in [1.29, 1.82) is 0 Å². The molecular formula is C14H28N2O5S. The third-order valence-corrected chi connectivity index (χ3v) is 4.07. The third kappa shape index (κ3) is 9.34. The number of nitrogens with one attached hydrogen (secondary N) is 2. The molecule has 1 fully saturated rings. The number of piperidine rings is 1. The van der Waals surface area contributed by atoms with Gasteiger partial charge in [0.05, 0.1) is 12.4 Å². The van der Waals surface area contributed by atoms with E-state index < -0.39 is 16.1 Å². The second-order valence-corrected chi connectivity index (χ2v) is 7.84. The Labute approximate surface area is 133 Å². The Hall–Kier alpha value is -0.700. The number of carbonyl (C=O) groups is 1. The van der Waals surface area contributed by atoms with E-state index in [9.17, 15) is 13.2 Å². The number of sulfonamides is 1. The van der Waals surface area contributed by atoms with Gasteiger partial charge >= 0.3 is 5.97 Å². The molecule has 7 nitrogen and oxygen atoms in total. The van der Waals surface area contributed by atoms with Crippen LogP contribution in [0.25, 0.3) is 0 Å². The normalized spacial score (nSPS) is 18.4. The quantitative estimate of drug-likeness (QED) is 0.587. The van der Waals surface area contributed by atoms with Gasteiger partial charge < -0.3 is 14.8 Å². The van der Waals surface area contributed by atoms with Gasteiger partial charge in [-0.3, -0.25) is 4.79 Å². The Bertz CT molecular complexity index is 433. The van der Waals surface area contributed by atoms with Crippen molar-refractivity contribution in [3.05, 3.63) is 0 Å². The van der Waals surface area contributed by atoms with E-state index in [-0.39, 0.29) is 25.2 Å². The van der Waals surface area contributed by atoms with Crippen molar-refractivity contribution in [1.82, 2.24) is 10.0 Å². The van der Waals surface area contributed by atoms with Crippen LogP contribution in [0, 0.1) is 5.92 Å². The number of rotatable bonds is 9. The van der Waals surface area contributed by atoms with Gasteiger partial charge in [-0.2, -0.15) is 0 Å². The van der Waals surface area contributed by atoms with Gasteiger partial charge in [-0.05, 0) is 45.7 Å². The number of hydrogen-bond donors (Lipinski definition) is 2. The molecular weight excluding hydrogens is 308 g/mol. The topological polar surface area (TPSA) is 93.7 Å². The number of hydrogen-bond acceptors (Lipinski definition) is 6. The van der Waals surface area contributed by atoms with Crippen molar-refractivity contribution in [2.75, 3.05) is 32.5 Å². The fourth-order valence-electron chi connectivity index (χ4n) is 2.34. The van der Waals surface area contributed by atoms with Gasteiger partial charge in [0.1, 0.15) is 12.7 Å². The molecule has 1 atom stereocenters. The summed E-state index contributed by atoms with van der Waals surface area (Å²) in [5.74, 6) is 0.121. The average molecular weight is 336 g/mol. The Morgan fingerprint density at radius 2 is 1.95 bits per heavy atom. The lowest BCUT2D eigenvalue weighted by Crippen LogP contribution is -2.38. The SMILES string of the molecule is CC(C)O[C@@H](CNS(C)(=O)=O)COC(=O)CC1CCNCC1. The molecule has 1 aliphatic heterocycles. The molecule has 130 valence electrons. The van der Waals surface area contributed by atoms with Crippen LogP contribution in [-0.4, -0.2) is 59.1 Å². The van der Waals surface area contributed by atoms with Gasteiger partial charge in [0.15, 0.2) is 0 Å². The Morgan fingerprint density at radius 3 is 2.50 bits per heavy atom. The second kappa shape index (κ2) is 9.44. The van der Waals surface area contributed by atoms with E-state index in [0.29, 0.717) is 12.3 Å². The Balaban J connectivity index is 2.35. The van der Waals surface area contributed by atoms with Crippen LogP contribution in [0.5, 0.6) is 0 Å². The summed E-state index contributed by atoms with van der Waals surface area (Å²) in [7, 11) is -3.29. The van der Waals surface area contributed by atoms with Crippen LogP contribution in [0.15, 0.2) is 0 Å². The molecule has 8 heteroatoms. The average Bonchev–Trinajstić information content (AvgIpc) is 2.41. The fraction of sp³-hybridized carbons (Fsp3) is 0.929. The molecule has 0 bridgehead atoms. The molecule has 1 rings (SSSR count). The highest BCUT2D eigenvalue weighted by Gasteiger charge is 2.20. The van der Waals surface area contributed by atoms with Crippen LogP contribution in [0.2, 0.25) is 0 Å². The first kappa shape index (κ1) is 19.3. The van der Waals surface area contributed by atoms with Crippen molar-refractivity contribution in [3.8, 4) is 0 Å². The largest absolute Gasteiger partial charge is 0.463 e. The summed E-state index contributed by atoms with van der Waals surface area (Å²) >= 11 is 0. The third-order valence-electron chi connectivity index (χ3n) is 3.38. The zero-order chi connectivity index (χ0) is 16.6. The van der Waals surface area contributed by atoms with Crippen molar-refractivity contribution >= 4 is 16.0 Å². The minimum absolute atomic E-state index is 0.0600. The molecule has 1 aliphatic rings. The number of ether oxygens (including phenoxy) is 2. The molecule has 0 unspecified atom stereocenters. The van der Waals surface area contributed by atoms with E-state index in [1.165, 1.54) is 0 Å². The minimum Gasteiger partial charge on any atom is -0.463 e. The summed E-state index contributed by atoms with van der Waals surface area (Å²) in [6.45, 7) is 5.74.